The first-order valence-electron chi connectivity index (χ1n) is 6.01. The maximum absolute atomic E-state index is 6.23. The number of halogens is 1. The van der Waals surface area contributed by atoms with Crippen LogP contribution in [0.25, 0.3) is 0 Å². The first kappa shape index (κ1) is 15.5. The fraction of sp³-hybridized carbons (Fsp3) is 0.600. The van der Waals surface area contributed by atoms with Gasteiger partial charge in [-0.15, -0.1) is 11.6 Å². The fourth-order valence-electron chi connectivity index (χ4n) is 1.37. The molecule has 0 aromatic heterocycles. The third kappa shape index (κ3) is 4.57. The first-order valence-corrected chi connectivity index (χ1v) is 6.39. The van der Waals surface area contributed by atoms with Gasteiger partial charge in [-0.05, 0) is 30.4 Å². The molecule has 0 aliphatic carbocycles. The highest BCUT2D eigenvalue weighted by atomic mass is 35.5. The lowest BCUT2D eigenvalue weighted by atomic mass is 9.86. The second kappa shape index (κ2) is 5.72. The molecule has 1 rings (SSSR count). The predicted molar refractivity (Wildman–Crippen MR) is 75.4 cm³/mol. The van der Waals surface area contributed by atoms with Crippen LogP contribution in [0.3, 0.4) is 0 Å². The Morgan fingerprint density at radius 2 is 1.06 bits per heavy atom. The zero-order chi connectivity index (χ0) is 13.0. The van der Waals surface area contributed by atoms with Gasteiger partial charge in [-0.2, -0.15) is 0 Å². The van der Waals surface area contributed by atoms with E-state index < -0.39 is 0 Å². The highest BCUT2D eigenvalue weighted by molar-refractivity contribution is 6.23. The average Bonchev–Trinajstić information content (AvgIpc) is 2.18. The molecule has 0 nitrogen and oxygen atoms in total. The lowest BCUT2D eigenvalue weighted by molar-refractivity contribution is 0.589. The van der Waals surface area contributed by atoms with Gasteiger partial charge in [-0.1, -0.05) is 58.9 Å². The summed E-state index contributed by atoms with van der Waals surface area (Å²) >= 11 is 6.23. The van der Waals surface area contributed by atoms with Gasteiger partial charge in [0, 0.05) is 0 Å². The zero-order valence-corrected chi connectivity index (χ0v) is 12.4. The van der Waals surface area contributed by atoms with Gasteiger partial charge in [0.1, 0.15) is 0 Å². The first-order chi connectivity index (χ1) is 7.21. The largest absolute Gasteiger partial charge is 0.115 e. The summed E-state index contributed by atoms with van der Waals surface area (Å²) in [6.45, 7) is 14.7. The van der Waals surface area contributed by atoms with Crippen molar-refractivity contribution in [1.29, 1.82) is 0 Å². The molecule has 0 unspecified atom stereocenters. The van der Waals surface area contributed by atoms with Gasteiger partial charge in [0.15, 0.2) is 0 Å². The summed E-state index contributed by atoms with van der Waals surface area (Å²) in [5.74, 6) is 0. The Morgan fingerprint density at radius 1 is 0.750 bits per heavy atom. The quantitative estimate of drug-likeness (QED) is 0.570. The van der Waals surface area contributed by atoms with Crippen LogP contribution in [0.4, 0.5) is 0 Å². The summed E-state index contributed by atoms with van der Waals surface area (Å²) in [5, 5.41) is 0. The van der Waals surface area contributed by atoms with Crippen molar-refractivity contribution in [2.24, 2.45) is 0 Å². The number of hydrogen-bond donors (Lipinski definition) is 0. The molecule has 0 bridgehead atoms. The molecule has 1 aromatic carbocycles. The van der Waals surface area contributed by atoms with E-state index in [2.05, 4.69) is 45.0 Å². The normalized spacial score (nSPS) is 11.8. The second-order valence-corrected chi connectivity index (χ2v) is 6.24. The molecular weight excluding hydrogens is 216 g/mol. The summed E-state index contributed by atoms with van der Waals surface area (Å²) in [4.78, 5) is -0.267. The number of alkyl halides is 1. The fourth-order valence-corrected chi connectivity index (χ4v) is 1.49. The summed E-state index contributed by atoms with van der Waals surface area (Å²) in [6.07, 6.45) is 0. The minimum atomic E-state index is -0.267. The summed E-state index contributed by atoms with van der Waals surface area (Å²) in [7, 11) is 0. The summed E-state index contributed by atoms with van der Waals surface area (Å²) in [5.41, 5.74) is 2.74. The van der Waals surface area contributed by atoms with Crippen molar-refractivity contribution in [3.8, 4) is 0 Å². The van der Waals surface area contributed by atoms with Gasteiger partial charge in [-0.25, -0.2) is 0 Å². The van der Waals surface area contributed by atoms with Gasteiger partial charge >= 0.3 is 0 Å². The molecule has 0 amide bonds. The van der Waals surface area contributed by atoms with E-state index in [4.69, 9.17) is 11.6 Å². The molecule has 0 aliphatic rings. The molecule has 0 saturated heterocycles. The van der Waals surface area contributed by atoms with Crippen LogP contribution in [0.15, 0.2) is 24.3 Å². The van der Waals surface area contributed by atoms with Crippen LogP contribution in [0.2, 0.25) is 0 Å². The number of rotatable bonds is 1. The van der Waals surface area contributed by atoms with E-state index in [9.17, 15) is 0 Å². The lowest BCUT2D eigenvalue weighted by Crippen LogP contribution is -2.12. The summed E-state index contributed by atoms with van der Waals surface area (Å²) < 4.78 is 0. The third-order valence-corrected chi connectivity index (χ3v) is 2.66. The van der Waals surface area contributed by atoms with E-state index in [0.29, 0.717) is 0 Å². The van der Waals surface area contributed by atoms with Crippen molar-refractivity contribution in [2.75, 3.05) is 0 Å². The molecule has 0 saturated carbocycles. The maximum Gasteiger partial charge on any atom is 0.0638 e. The minimum Gasteiger partial charge on any atom is -0.115 e. The van der Waals surface area contributed by atoms with Gasteiger partial charge in [0.25, 0.3) is 0 Å². The average molecular weight is 241 g/mol. The molecule has 0 N–H and O–H groups in total. The van der Waals surface area contributed by atoms with Crippen LogP contribution in [-0.2, 0) is 10.3 Å². The molecule has 0 fully saturated rings. The zero-order valence-electron chi connectivity index (χ0n) is 11.7. The van der Waals surface area contributed by atoms with Crippen molar-refractivity contribution in [1.82, 2.24) is 0 Å². The van der Waals surface area contributed by atoms with E-state index in [1.807, 2.05) is 27.7 Å². The predicted octanol–water partition coefficient (Wildman–Crippen LogP) is 5.48. The van der Waals surface area contributed by atoms with Crippen LogP contribution in [0.5, 0.6) is 0 Å². The van der Waals surface area contributed by atoms with Crippen LogP contribution in [-0.4, -0.2) is 0 Å². The van der Waals surface area contributed by atoms with Crippen molar-refractivity contribution in [2.45, 2.75) is 58.8 Å². The Kier molecular flexibility index (Phi) is 5.55. The monoisotopic (exact) mass is 240 g/mol. The third-order valence-electron chi connectivity index (χ3n) is 2.44. The molecule has 92 valence electrons. The van der Waals surface area contributed by atoms with Gasteiger partial charge in [0.05, 0.1) is 4.87 Å². The highest BCUT2D eigenvalue weighted by Gasteiger charge is 2.18. The minimum absolute atomic E-state index is 0.217. The topological polar surface area (TPSA) is 0 Å². The molecule has 0 spiro atoms. The van der Waals surface area contributed by atoms with E-state index >= 15 is 0 Å². The molecule has 0 aliphatic heterocycles. The molecule has 16 heavy (non-hydrogen) atoms. The Balaban J connectivity index is 0.00000106. The highest BCUT2D eigenvalue weighted by Crippen LogP contribution is 2.30. The van der Waals surface area contributed by atoms with Crippen LogP contribution < -0.4 is 0 Å². The van der Waals surface area contributed by atoms with Crippen molar-refractivity contribution < 1.29 is 0 Å². The Bertz CT molecular complexity index is 263. The van der Waals surface area contributed by atoms with E-state index in [0.717, 1.165) is 0 Å². The Labute approximate surface area is 106 Å². The van der Waals surface area contributed by atoms with Crippen molar-refractivity contribution in [3.63, 3.8) is 0 Å². The van der Waals surface area contributed by atoms with Crippen molar-refractivity contribution >= 4 is 11.6 Å². The van der Waals surface area contributed by atoms with Crippen LogP contribution in [0, 0.1) is 0 Å². The molecule has 0 heterocycles. The SMILES string of the molecule is CC.CC(C)(C)c1ccc(C(C)(C)Cl)cc1. The van der Waals surface area contributed by atoms with E-state index in [1.54, 1.807) is 0 Å². The standard InChI is InChI=1S/C13H19Cl.C2H6/c1-12(2,3)10-6-8-11(9-7-10)13(4,5)14;1-2/h6-9H,1-5H3;1-2H3. The Hall–Kier alpha value is -0.490. The van der Waals surface area contributed by atoms with Crippen LogP contribution in [0.1, 0.15) is 59.6 Å². The van der Waals surface area contributed by atoms with Gasteiger partial charge < -0.3 is 0 Å². The van der Waals surface area contributed by atoms with Crippen LogP contribution >= 0.6 is 11.6 Å². The maximum atomic E-state index is 6.23. The number of benzene rings is 1. The number of hydrogen-bond acceptors (Lipinski definition) is 0. The second-order valence-electron chi connectivity index (χ2n) is 5.30. The van der Waals surface area contributed by atoms with E-state index in [-0.39, 0.29) is 10.3 Å². The molecule has 1 heteroatoms. The summed E-state index contributed by atoms with van der Waals surface area (Å²) in [6, 6.07) is 8.57. The smallest absolute Gasteiger partial charge is 0.0638 e. The molecular formula is C15H25Cl. The van der Waals surface area contributed by atoms with Gasteiger partial charge in [-0.3, -0.25) is 0 Å². The lowest BCUT2D eigenvalue weighted by Gasteiger charge is -2.21. The molecule has 0 atom stereocenters. The molecule has 0 radical (unpaired) electrons. The van der Waals surface area contributed by atoms with E-state index in [1.165, 1.54) is 11.1 Å². The van der Waals surface area contributed by atoms with Gasteiger partial charge in [0.2, 0.25) is 0 Å². The Morgan fingerprint density at radius 3 is 1.31 bits per heavy atom. The van der Waals surface area contributed by atoms with Crippen molar-refractivity contribution in [3.05, 3.63) is 35.4 Å². The molecule has 1 aromatic rings.